The number of anilines is 1. The van der Waals surface area contributed by atoms with Crippen LogP contribution in [0.25, 0.3) is 10.6 Å². The highest BCUT2D eigenvalue weighted by molar-refractivity contribution is 7.18. The Morgan fingerprint density at radius 2 is 1.89 bits per heavy atom. The van der Waals surface area contributed by atoms with Crippen LogP contribution in [0.4, 0.5) is 5.13 Å². The second kappa shape index (κ2) is 8.75. The van der Waals surface area contributed by atoms with Gasteiger partial charge in [0.1, 0.15) is 11.0 Å². The minimum atomic E-state index is -0.705. The lowest BCUT2D eigenvalue weighted by atomic mass is 10.1. The summed E-state index contributed by atoms with van der Waals surface area (Å²) in [6.07, 6.45) is 0.381. The third-order valence-electron chi connectivity index (χ3n) is 3.70. The van der Waals surface area contributed by atoms with Crippen LogP contribution in [0.3, 0.4) is 0 Å². The van der Waals surface area contributed by atoms with Crippen molar-refractivity contribution in [3.05, 3.63) is 65.2 Å². The molecule has 0 fully saturated rings. The maximum Gasteiger partial charge on any atom is 0.249 e. The van der Waals surface area contributed by atoms with Gasteiger partial charge in [-0.1, -0.05) is 65.4 Å². The fourth-order valence-electron chi connectivity index (χ4n) is 2.51. The van der Waals surface area contributed by atoms with Gasteiger partial charge in [-0.15, -0.1) is 10.2 Å². The molecule has 0 aliphatic rings. The monoisotopic (exact) mass is 400 g/mol. The number of rotatable bonds is 6. The van der Waals surface area contributed by atoms with Crippen LogP contribution in [0.5, 0.6) is 0 Å². The summed E-state index contributed by atoms with van der Waals surface area (Å²) in [5.74, 6) is -0.620. The first kappa shape index (κ1) is 19.0. The van der Waals surface area contributed by atoms with Gasteiger partial charge in [0.05, 0.1) is 0 Å². The van der Waals surface area contributed by atoms with E-state index in [1.807, 2.05) is 42.5 Å². The van der Waals surface area contributed by atoms with E-state index in [-0.39, 0.29) is 11.8 Å². The fourth-order valence-corrected chi connectivity index (χ4v) is 3.44. The van der Waals surface area contributed by atoms with E-state index >= 15 is 0 Å². The summed E-state index contributed by atoms with van der Waals surface area (Å²) >= 11 is 7.24. The molecule has 138 valence electrons. The Morgan fingerprint density at radius 3 is 2.59 bits per heavy atom. The van der Waals surface area contributed by atoms with Gasteiger partial charge in [-0.2, -0.15) is 0 Å². The number of nitrogens with zero attached hydrogens (tertiary/aromatic N) is 2. The quantitative estimate of drug-likeness (QED) is 0.662. The van der Waals surface area contributed by atoms with Crippen molar-refractivity contribution >= 4 is 39.9 Å². The average Bonchev–Trinajstić information content (AvgIpc) is 3.10. The summed E-state index contributed by atoms with van der Waals surface area (Å²) in [5.41, 5.74) is 1.77. The number of aromatic nitrogens is 2. The number of nitrogens with one attached hydrogen (secondary N) is 2. The molecule has 27 heavy (non-hydrogen) atoms. The molecule has 0 spiro atoms. The number of hydrogen-bond acceptors (Lipinski definition) is 5. The van der Waals surface area contributed by atoms with Gasteiger partial charge in [-0.05, 0) is 17.7 Å². The Labute approximate surface area is 165 Å². The largest absolute Gasteiger partial charge is 0.344 e. The van der Waals surface area contributed by atoms with Crippen molar-refractivity contribution in [1.29, 1.82) is 0 Å². The van der Waals surface area contributed by atoms with Crippen LogP contribution in [0, 0.1) is 0 Å². The summed E-state index contributed by atoms with van der Waals surface area (Å²) in [6.45, 7) is 1.38. The van der Waals surface area contributed by atoms with Crippen molar-refractivity contribution in [2.75, 3.05) is 5.32 Å². The lowest BCUT2D eigenvalue weighted by molar-refractivity contribution is -0.125. The molecule has 2 N–H and O–H groups in total. The first-order valence-corrected chi connectivity index (χ1v) is 9.42. The molecule has 6 nitrogen and oxygen atoms in total. The number of hydrogen-bond donors (Lipinski definition) is 2. The molecule has 2 aromatic carbocycles. The first-order valence-electron chi connectivity index (χ1n) is 8.22. The van der Waals surface area contributed by atoms with Crippen LogP contribution < -0.4 is 10.6 Å². The molecule has 1 atom stereocenters. The van der Waals surface area contributed by atoms with Crippen molar-refractivity contribution in [2.45, 2.75) is 19.4 Å². The predicted octanol–water partition coefficient (Wildman–Crippen LogP) is 3.54. The smallest absolute Gasteiger partial charge is 0.249 e. The van der Waals surface area contributed by atoms with Crippen molar-refractivity contribution < 1.29 is 9.59 Å². The van der Waals surface area contributed by atoms with Crippen LogP contribution in [-0.2, 0) is 16.0 Å². The second-order valence-corrected chi connectivity index (χ2v) is 7.27. The fraction of sp³-hybridized carbons (Fsp3) is 0.158. The molecule has 2 amide bonds. The van der Waals surface area contributed by atoms with Gasteiger partial charge >= 0.3 is 0 Å². The van der Waals surface area contributed by atoms with Gasteiger partial charge < -0.3 is 5.32 Å². The Morgan fingerprint density at radius 1 is 1.11 bits per heavy atom. The number of halogens is 1. The van der Waals surface area contributed by atoms with Crippen molar-refractivity contribution in [1.82, 2.24) is 15.5 Å². The van der Waals surface area contributed by atoms with Gasteiger partial charge in [0.15, 0.2) is 0 Å². The molecule has 3 aromatic rings. The summed E-state index contributed by atoms with van der Waals surface area (Å²) in [6, 6.07) is 16.0. The normalized spacial score (nSPS) is 11.6. The van der Waals surface area contributed by atoms with Crippen LogP contribution in [0.15, 0.2) is 54.6 Å². The molecular formula is C19H17ClN4O2S. The highest BCUT2D eigenvalue weighted by Crippen LogP contribution is 2.28. The Bertz CT molecular complexity index is 946. The van der Waals surface area contributed by atoms with Gasteiger partial charge in [-0.25, -0.2) is 0 Å². The van der Waals surface area contributed by atoms with Crippen LogP contribution >= 0.6 is 22.9 Å². The molecular weight excluding hydrogens is 384 g/mol. The highest BCUT2D eigenvalue weighted by Gasteiger charge is 2.21. The SMILES string of the molecule is CC(=O)NC(Cc1ccccc1)C(=O)Nc1nnc(-c2cccc(Cl)c2)s1. The van der Waals surface area contributed by atoms with Crippen LogP contribution in [0.2, 0.25) is 5.02 Å². The summed E-state index contributed by atoms with van der Waals surface area (Å²) in [5, 5.41) is 15.1. The van der Waals surface area contributed by atoms with E-state index in [4.69, 9.17) is 11.6 Å². The number of benzene rings is 2. The minimum Gasteiger partial charge on any atom is -0.344 e. The lowest BCUT2D eigenvalue weighted by Gasteiger charge is -2.16. The molecule has 1 unspecified atom stereocenters. The lowest BCUT2D eigenvalue weighted by Crippen LogP contribution is -2.44. The van der Waals surface area contributed by atoms with E-state index in [1.54, 1.807) is 12.1 Å². The molecule has 0 radical (unpaired) electrons. The van der Waals surface area contributed by atoms with Crippen LogP contribution in [0.1, 0.15) is 12.5 Å². The molecule has 0 saturated heterocycles. The molecule has 0 bridgehead atoms. The highest BCUT2D eigenvalue weighted by atomic mass is 35.5. The summed E-state index contributed by atoms with van der Waals surface area (Å²) in [4.78, 5) is 24.1. The maximum absolute atomic E-state index is 12.6. The van der Waals surface area contributed by atoms with Crippen molar-refractivity contribution in [2.24, 2.45) is 0 Å². The first-order chi connectivity index (χ1) is 13.0. The molecule has 0 aliphatic heterocycles. The molecule has 3 rings (SSSR count). The van der Waals surface area contributed by atoms with E-state index in [1.165, 1.54) is 18.3 Å². The van der Waals surface area contributed by atoms with Gasteiger partial charge in [0.2, 0.25) is 16.9 Å². The van der Waals surface area contributed by atoms with E-state index in [2.05, 4.69) is 20.8 Å². The van der Waals surface area contributed by atoms with E-state index in [0.717, 1.165) is 11.1 Å². The Kier molecular flexibility index (Phi) is 6.16. The minimum absolute atomic E-state index is 0.275. The molecule has 0 saturated carbocycles. The number of carbonyl (C=O) groups is 2. The Hall–Kier alpha value is -2.77. The molecule has 0 aliphatic carbocycles. The zero-order valence-corrected chi connectivity index (χ0v) is 16.1. The van der Waals surface area contributed by atoms with Crippen LogP contribution in [-0.4, -0.2) is 28.1 Å². The second-order valence-electron chi connectivity index (χ2n) is 5.85. The standard InChI is InChI=1S/C19H17ClN4O2S/c1-12(25)21-16(10-13-6-3-2-4-7-13)17(26)22-19-24-23-18(27-19)14-8-5-9-15(20)11-14/h2-9,11,16H,10H2,1H3,(H,21,25)(H,22,24,26). The predicted molar refractivity (Wildman–Crippen MR) is 107 cm³/mol. The zero-order chi connectivity index (χ0) is 19.2. The maximum atomic E-state index is 12.6. The number of amides is 2. The van der Waals surface area contributed by atoms with Crippen molar-refractivity contribution in [3.8, 4) is 10.6 Å². The van der Waals surface area contributed by atoms with Gasteiger partial charge in [0, 0.05) is 23.9 Å². The van der Waals surface area contributed by atoms with Crippen molar-refractivity contribution in [3.63, 3.8) is 0 Å². The van der Waals surface area contributed by atoms with E-state index in [0.29, 0.717) is 21.6 Å². The Balaban J connectivity index is 1.72. The average molecular weight is 401 g/mol. The third-order valence-corrected chi connectivity index (χ3v) is 4.83. The molecule has 8 heteroatoms. The number of carbonyl (C=O) groups excluding carboxylic acids is 2. The molecule has 1 heterocycles. The summed E-state index contributed by atoms with van der Waals surface area (Å²) < 4.78 is 0. The van der Waals surface area contributed by atoms with Gasteiger partial charge in [-0.3, -0.25) is 14.9 Å². The van der Waals surface area contributed by atoms with Gasteiger partial charge in [0.25, 0.3) is 0 Å². The summed E-state index contributed by atoms with van der Waals surface area (Å²) in [7, 11) is 0. The molecule has 1 aromatic heterocycles. The topological polar surface area (TPSA) is 84.0 Å². The third kappa shape index (κ3) is 5.35. The van der Waals surface area contributed by atoms with E-state index < -0.39 is 6.04 Å². The zero-order valence-electron chi connectivity index (χ0n) is 14.5. The van der Waals surface area contributed by atoms with E-state index in [9.17, 15) is 9.59 Å².